The van der Waals surface area contributed by atoms with E-state index in [0.717, 1.165) is 25.0 Å². The van der Waals surface area contributed by atoms with Crippen LogP contribution in [0, 0.1) is 0 Å². The fraction of sp³-hybridized carbons (Fsp3) is 0.474. The van der Waals surface area contributed by atoms with Crippen LogP contribution >= 0.6 is 0 Å². The second kappa shape index (κ2) is 9.96. The smallest absolute Gasteiger partial charge is 0.237 e. The molecule has 0 aliphatic rings. The molecule has 25 heavy (non-hydrogen) atoms. The molecule has 2 aromatic rings. The lowest BCUT2D eigenvalue weighted by molar-refractivity contribution is -0.123. The quantitative estimate of drug-likeness (QED) is 0.612. The van der Waals surface area contributed by atoms with Crippen molar-refractivity contribution in [2.45, 2.75) is 51.1 Å². The molecule has 0 radical (unpaired) electrons. The van der Waals surface area contributed by atoms with E-state index < -0.39 is 6.04 Å². The van der Waals surface area contributed by atoms with Gasteiger partial charge in [0.1, 0.15) is 12.3 Å². The Labute approximate surface area is 149 Å². The highest BCUT2D eigenvalue weighted by Crippen LogP contribution is 2.20. The molecule has 1 amide bonds. The van der Waals surface area contributed by atoms with Crippen LogP contribution in [0.2, 0.25) is 0 Å². The first-order valence-corrected chi connectivity index (χ1v) is 8.88. The van der Waals surface area contributed by atoms with Crippen LogP contribution in [0.3, 0.4) is 0 Å². The minimum absolute atomic E-state index is 0.192. The van der Waals surface area contributed by atoms with Crippen molar-refractivity contribution in [1.29, 1.82) is 0 Å². The van der Waals surface area contributed by atoms with Gasteiger partial charge in [-0.1, -0.05) is 37.3 Å². The van der Waals surface area contributed by atoms with E-state index in [0.29, 0.717) is 25.3 Å². The Kier molecular flexibility index (Phi) is 7.63. The van der Waals surface area contributed by atoms with Gasteiger partial charge in [0, 0.05) is 0 Å². The predicted octanol–water partition coefficient (Wildman–Crippen LogP) is 2.09. The number of carbonyl (C=O) groups is 1. The van der Waals surface area contributed by atoms with Crippen LogP contribution in [0.4, 0.5) is 0 Å². The lowest BCUT2D eigenvalue weighted by atomic mass is 10.0. The molecule has 5 N–H and O–H groups in total. The number of nitrogens with two attached hydrogens (primary N) is 2. The highest BCUT2D eigenvalue weighted by Gasteiger charge is 2.22. The summed E-state index contributed by atoms with van der Waals surface area (Å²) in [5.74, 6) is 0.343. The van der Waals surface area contributed by atoms with Gasteiger partial charge in [0.05, 0.1) is 11.7 Å². The molecule has 1 heterocycles. The second-order valence-electron chi connectivity index (χ2n) is 6.15. The maximum atomic E-state index is 12.4. The van der Waals surface area contributed by atoms with Crippen LogP contribution in [-0.2, 0) is 17.6 Å². The highest BCUT2D eigenvalue weighted by molar-refractivity contribution is 5.81. The normalized spacial score (nSPS) is 13.4. The van der Waals surface area contributed by atoms with E-state index in [2.05, 4.69) is 22.4 Å². The maximum Gasteiger partial charge on any atom is 0.237 e. The van der Waals surface area contributed by atoms with Gasteiger partial charge < -0.3 is 21.2 Å². The summed E-state index contributed by atoms with van der Waals surface area (Å²) < 4.78 is 5.58. The second-order valence-corrected chi connectivity index (χ2v) is 6.15. The monoisotopic (exact) mass is 344 g/mol. The average molecular weight is 344 g/mol. The molecule has 2 rings (SSSR count). The number of aryl methyl sites for hydroxylation is 2. The zero-order valence-corrected chi connectivity index (χ0v) is 14.8. The third-order valence-electron chi connectivity index (χ3n) is 4.17. The van der Waals surface area contributed by atoms with Crippen molar-refractivity contribution in [3.8, 4) is 0 Å². The van der Waals surface area contributed by atoms with Gasteiger partial charge in [0.15, 0.2) is 0 Å². The average Bonchev–Trinajstić information content (AvgIpc) is 3.12. The molecule has 0 fully saturated rings. The summed E-state index contributed by atoms with van der Waals surface area (Å²) in [6.07, 6.45) is 5.24. The number of benzene rings is 1. The molecule has 0 aliphatic heterocycles. The number of nitrogens with one attached hydrogen (secondary N) is 1. The third kappa shape index (κ3) is 5.99. The summed E-state index contributed by atoms with van der Waals surface area (Å²) >= 11 is 0. The molecule has 0 aliphatic carbocycles. The lowest BCUT2D eigenvalue weighted by Gasteiger charge is -2.18. The van der Waals surface area contributed by atoms with E-state index >= 15 is 0 Å². The molecular formula is C19H28N4O2. The van der Waals surface area contributed by atoms with Crippen molar-refractivity contribution in [1.82, 2.24) is 10.3 Å². The largest absolute Gasteiger partial charge is 0.446 e. The Morgan fingerprint density at radius 2 is 2.04 bits per heavy atom. The summed E-state index contributed by atoms with van der Waals surface area (Å²) in [5, 5.41) is 2.99. The van der Waals surface area contributed by atoms with Crippen LogP contribution in [0.15, 0.2) is 41.0 Å². The highest BCUT2D eigenvalue weighted by atomic mass is 16.3. The first kappa shape index (κ1) is 19.1. The first-order valence-electron chi connectivity index (χ1n) is 8.88. The summed E-state index contributed by atoms with van der Waals surface area (Å²) in [6.45, 7) is 2.54. The summed E-state index contributed by atoms with van der Waals surface area (Å²) in [5.41, 5.74) is 13.5. The van der Waals surface area contributed by atoms with Gasteiger partial charge in [-0.15, -0.1) is 0 Å². The van der Waals surface area contributed by atoms with Gasteiger partial charge in [0.25, 0.3) is 0 Å². The Bertz CT molecular complexity index is 642. The number of carbonyl (C=O) groups excluding carboxylic acids is 1. The summed E-state index contributed by atoms with van der Waals surface area (Å²) in [6, 6.07) is 9.27. The number of amides is 1. The number of nitrogens with zero attached hydrogens (tertiary/aromatic N) is 1. The van der Waals surface area contributed by atoms with E-state index in [1.165, 1.54) is 5.56 Å². The lowest BCUT2D eigenvalue weighted by Crippen LogP contribution is -2.42. The van der Waals surface area contributed by atoms with E-state index in [1.54, 1.807) is 6.26 Å². The minimum Gasteiger partial charge on any atom is -0.446 e. The van der Waals surface area contributed by atoms with E-state index in [9.17, 15) is 4.79 Å². The molecule has 1 aromatic heterocycles. The Morgan fingerprint density at radius 1 is 1.28 bits per heavy atom. The van der Waals surface area contributed by atoms with Gasteiger partial charge in [-0.2, -0.15) is 0 Å². The van der Waals surface area contributed by atoms with Gasteiger partial charge in [-0.3, -0.25) is 4.79 Å². The molecule has 0 bridgehead atoms. The van der Waals surface area contributed by atoms with Crippen LogP contribution in [0.25, 0.3) is 0 Å². The van der Waals surface area contributed by atoms with Gasteiger partial charge in [-0.05, 0) is 44.2 Å². The third-order valence-corrected chi connectivity index (χ3v) is 4.17. The standard InChI is InChI=1S/C19H28N4O2/c1-2-15-13-25-19(22-15)17(11-10-14-7-4-3-5-8-14)23-18(24)16(21)9-6-12-20/h3-5,7-8,13,16-17H,2,6,9-12,20-21H2,1H3,(H,23,24). The topological polar surface area (TPSA) is 107 Å². The van der Waals surface area contributed by atoms with Crippen molar-refractivity contribution in [3.05, 3.63) is 53.7 Å². The number of oxazole rings is 1. The SMILES string of the molecule is CCc1coc(C(CCc2ccccc2)NC(=O)C(N)CCCN)n1. The first-order chi connectivity index (χ1) is 12.1. The molecule has 2 atom stereocenters. The van der Waals surface area contributed by atoms with Crippen LogP contribution in [0.5, 0.6) is 0 Å². The van der Waals surface area contributed by atoms with Crippen molar-refractivity contribution in [2.75, 3.05) is 6.54 Å². The van der Waals surface area contributed by atoms with Crippen LogP contribution in [0.1, 0.15) is 49.4 Å². The number of hydrogen-bond acceptors (Lipinski definition) is 5. The fourth-order valence-corrected chi connectivity index (χ4v) is 2.61. The Morgan fingerprint density at radius 3 is 2.68 bits per heavy atom. The Hall–Kier alpha value is -2.18. The van der Waals surface area contributed by atoms with Crippen molar-refractivity contribution >= 4 is 5.91 Å². The number of rotatable bonds is 10. The van der Waals surface area contributed by atoms with Crippen molar-refractivity contribution < 1.29 is 9.21 Å². The molecule has 1 aromatic carbocycles. The van der Waals surface area contributed by atoms with E-state index in [-0.39, 0.29) is 11.9 Å². The van der Waals surface area contributed by atoms with E-state index in [4.69, 9.17) is 15.9 Å². The molecule has 136 valence electrons. The van der Waals surface area contributed by atoms with Crippen molar-refractivity contribution in [2.24, 2.45) is 11.5 Å². The summed E-state index contributed by atoms with van der Waals surface area (Å²) in [7, 11) is 0. The zero-order chi connectivity index (χ0) is 18.1. The molecule has 6 nitrogen and oxygen atoms in total. The molecule has 2 unspecified atom stereocenters. The Balaban J connectivity index is 2.04. The molecule has 0 saturated carbocycles. The maximum absolute atomic E-state index is 12.4. The van der Waals surface area contributed by atoms with Gasteiger partial charge in [0.2, 0.25) is 11.8 Å². The zero-order valence-electron chi connectivity index (χ0n) is 14.8. The van der Waals surface area contributed by atoms with Gasteiger partial charge >= 0.3 is 0 Å². The van der Waals surface area contributed by atoms with Crippen LogP contribution in [-0.4, -0.2) is 23.5 Å². The predicted molar refractivity (Wildman–Crippen MR) is 97.8 cm³/mol. The van der Waals surface area contributed by atoms with Crippen molar-refractivity contribution in [3.63, 3.8) is 0 Å². The molecule has 0 saturated heterocycles. The summed E-state index contributed by atoms with van der Waals surface area (Å²) in [4.78, 5) is 16.8. The molecular weight excluding hydrogens is 316 g/mol. The van der Waals surface area contributed by atoms with Gasteiger partial charge in [-0.25, -0.2) is 4.98 Å². The number of hydrogen-bond donors (Lipinski definition) is 3. The number of aromatic nitrogens is 1. The minimum atomic E-state index is -0.566. The van der Waals surface area contributed by atoms with Crippen LogP contribution < -0.4 is 16.8 Å². The fourth-order valence-electron chi connectivity index (χ4n) is 2.61. The molecule has 6 heteroatoms. The molecule has 0 spiro atoms. The van der Waals surface area contributed by atoms with E-state index in [1.807, 2.05) is 25.1 Å².